The van der Waals surface area contributed by atoms with Crippen LogP contribution in [0.15, 0.2) is 0 Å². The first-order valence-electron chi connectivity index (χ1n) is 4.77. The van der Waals surface area contributed by atoms with Crippen LogP contribution in [0, 0.1) is 3.83 Å². The molecular formula is C9H15IN2S. The summed E-state index contributed by atoms with van der Waals surface area (Å²) in [6.45, 7) is 4.46. The number of aromatic nitrogens is 2. The van der Waals surface area contributed by atoms with Crippen LogP contribution in [-0.2, 0) is 0 Å². The summed E-state index contributed by atoms with van der Waals surface area (Å²) in [4.78, 5) is 4.43. The van der Waals surface area contributed by atoms with Gasteiger partial charge in [-0.25, -0.2) is 4.98 Å². The van der Waals surface area contributed by atoms with Crippen LogP contribution >= 0.6 is 34.1 Å². The lowest BCUT2D eigenvalue weighted by molar-refractivity contribution is 0.566. The first-order chi connectivity index (χ1) is 6.27. The molecule has 0 fully saturated rings. The van der Waals surface area contributed by atoms with E-state index in [4.69, 9.17) is 0 Å². The summed E-state index contributed by atoms with van der Waals surface area (Å²) in [5, 5.41) is 1.22. The zero-order valence-corrected chi connectivity index (χ0v) is 11.1. The molecule has 13 heavy (non-hydrogen) atoms. The third-order valence-corrected chi connectivity index (χ3v) is 3.85. The Morgan fingerprint density at radius 3 is 2.69 bits per heavy atom. The third-order valence-electron chi connectivity index (χ3n) is 2.17. The van der Waals surface area contributed by atoms with E-state index < -0.39 is 0 Å². The maximum atomic E-state index is 4.43. The van der Waals surface area contributed by atoms with Crippen LogP contribution < -0.4 is 0 Å². The van der Waals surface area contributed by atoms with Crippen molar-refractivity contribution in [2.75, 3.05) is 0 Å². The fraction of sp³-hybridized carbons (Fsp3) is 0.778. The van der Waals surface area contributed by atoms with Gasteiger partial charge in [0.1, 0.15) is 5.01 Å². The molecule has 2 nitrogen and oxygen atoms in total. The van der Waals surface area contributed by atoms with Gasteiger partial charge < -0.3 is 0 Å². The maximum absolute atomic E-state index is 4.43. The highest BCUT2D eigenvalue weighted by molar-refractivity contribution is 14.1. The van der Waals surface area contributed by atoms with E-state index in [1.165, 1.54) is 30.7 Å². The fourth-order valence-corrected chi connectivity index (χ4v) is 2.82. The van der Waals surface area contributed by atoms with Gasteiger partial charge in [0.15, 0.2) is 0 Å². The minimum atomic E-state index is 0.640. The van der Waals surface area contributed by atoms with E-state index >= 15 is 0 Å². The Kier molecular flexibility index (Phi) is 5.16. The highest BCUT2D eigenvalue weighted by Crippen LogP contribution is 2.26. The number of halogens is 1. The molecule has 1 aromatic rings. The predicted molar refractivity (Wildman–Crippen MR) is 65.2 cm³/mol. The van der Waals surface area contributed by atoms with E-state index in [0.29, 0.717) is 5.92 Å². The molecule has 1 unspecified atom stereocenters. The van der Waals surface area contributed by atoms with Gasteiger partial charge in [-0.3, -0.25) is 0 Å². The number of hydrogen-bond donors (Lipinski definition) is 0. The molecule has 1 rings (SSSR count). The number of nitrogens with zero attached hydrogens (tertiary/aromatic N) is 2. The Bertz CT molecular complexity index is 250. The zero-order chi connectivity index (χ0) is 9.68. The van der Waals surface area contributed by atoms with Crippen LogP contribution in [0.2, 0.25) is 0 Å². The van der Waals surface area contributed by atoms with Crippen molar-refractivity contribution in [3.63, 3.8) is 0 Å². The van der Waals surface area contributed by atoms with Crippen LogP contribution in [0.5, 0.6) is 0 Å². The molecule has 0 N–H and O–H groups in total. The second kappa shape index (κ2) is 5.90. The minimum absolute atomic E-state index is 0.640. The zero-order valence-electron chi connectivity index (χ0n) is 8.09. The van der Waals surface area contributed by atoms with Crippen molar-refractivity contribution in [1.82, 2.24) is 9.36 Å². The Morgan fingerprint density at radius 2 is 2.23 bits per heavy atom. The topological polar surface area (TPSA) is 25.8 Å². The molecule has 0 aliphatic heterocycles. The predicted octanol–water partition coefficient (Wildman–Crippen LogP) is 3.83. The maximum Gasteiger partial charge on any atom is 0.203 e. The molecule has 0 spiro atoms. The average molecular weight is 310 g/mol. The first kappa shape index (κ1) is 11.4. The third kappa shape index (κ3) is 3.50. The van der Waals surface area contributed by atoms with Gasteiger partial charge in [-0.05, 0) is 24.4 Å². The standard InChI is InChI=1S/C9H15IN2S/c1-3-5-6-7(4-2)8-11-9(10)12-13-8/h7H,3-6H2,1-2H3. The molecule has 1 aromatic heterocycles. The summed E-state index contributed by atoms with van der Waals surface area (Å²) in [7, 11) is 0. The lowest BCUT2D eigenvalue weighted by atomic mass is 10.0. The van der Waals surface area contributed by atoms with E-state index in [1.54, 1.807) is 11.5 Å². The highest BCUT2D eigenvalue weighted by atomic mass is 127. The normalized spacial score (nSPS) is 13.2. The molecule has 74 valence electrons. The van der Waals surface area contributed by atoms with Crippen LogP contribution in [0.4, 0.5) is 0 Å². The molecule has 0 aliphatic carbocycles. The van der Waals surface area contributed by atoms with Crippen LogP contribution in [0.1, 0.15) is 50.5 Å². The van der Waals surface area contributed by atoms with Gasteiger partial charge in [0.2, 0.25) is 3.83 Å². The van der Waals surface area contributed by atoms with E-state index in [0.717, 1.165) is 3.83 Å². The second-order valence-corrected chi connectivity index (χ2v) is 4.90. The van der Waals surface area contributed by atoms with Crippen molar-refractivity contribution in [3.8, 4) is 0 Å². The smallest absolute Gasteiger partial charge is 0.203 e. The summed E-state index contributed by atoms with van der Waals surface area (Å²) in [5.41, 5.74) is 0. The van der Waals surface area contributed by atoms with Gasteiger partial charge in [0, 0.05) is 28.5 Å². The van der Waals surface area contributed by atoms with E-state index in [1.807, 2.05) is 0 Å². The molecule has 1 heterocycles. The second-order valence-electron chi connectivity index (χ2n) is 3.15. The van der Waals surface area contributed by atoms with Gasteiger partial charge in [-0.2, -0.15) is 4.37 Å². The monoisotopic (exact) mass is 310 g/mol. The summed E-state index contributed by atoms with van der Waals surface area (Å²) >= 11 is 3.74. The summed E-state index contributed by atoms with van der Waals surface area (Å²) in [6.07, 6.45) is 5.02. The Hall–Kier alpha value is 0.290. The SMILES string of the molecule is CCCCC(CC)c1nc(I)ns1. The molecule has 0 bridgehead atoms. The molecule has 1 atom stereocenters. The van der Waals surface area contributed by atoms with Gasteiger partial charge in [0.25, 0.3) is 0 Å². The summed E-state index contributed by atoms with van der Waals surface area (Å²) < 4.78 is 5.11. The fourth-order valence-electron chi connectivity index (χ4n) is 1.33. The van der Waals surface area contributed by atoms with Crippen molar-refractivity contribution in [1.29, 1.82) is 0 Å². The number of unbranched alkanes of at least 4 members (excludes halogenated alkanes) is 1. The molecule has 0 saturated carbocycles. The molecule has 0 amide bonds. The Morgan fingerprint density at radius 1 is 1.46 bits per heavy atom. The minimum Gasteiger partial charge on any atom is -0.215 e. The lowest BCUT2D eigenvalue weighted by Crippen LogP contribution is -1.96. The molecular weight excluding hydrogens is 295 g/mol. The van der Waals surface area contributed by atoms with Crippen molar-refractivity contribution in [3.05, 3.63) is 8.84 Å². The van der Waals surface area contributed by atoms with Crippen molar-refractivity contribution in [2.45, 2.75) is 45.4 Å². The number of rotatable bonds is 5. The molecule has 0 saturated heterocycles. The van der Waals surface area contributed by atoms with Gasteiger partial charge in [0.05, 0.1) is 0 Å². The summed E-state index contributed by atoms with van der Waals surface area (Å²) in [6, 6.07) is 0. The Balaban J connectivity index is 2.56. The molecule has 0 aromatic carbocycles. The van der Waals surface area contributed by atoms with E-state index in [2.05, 4.69) is 45.8 Å². The van der Waals surface area contributed by atoms with E-state index in [-0.39, 0.29) is 0 Å². The van der Waals surface area contributed by atoms with Crippen molar-refractivity contribution >= 4 is 34.1 Å². The molecule has 0 aliphatic rings. The first-order valence-corrected chi connectivity index (χ1v) is 6.62. The largest absolute Gasteiger partial charge is 0.215 e. The molecule has 4 heteroatoms. The van der Waals surface area contributed by atoms with Gasteiger partial charge >= 0.3 is 0 Å². The average Bonchev–Trinajstić information content (AvgIpc) is 2.54. The number of hydrogen-bond acceptors (Lipinski definition) is 3. The van der Waals surface area contributed by atoms with Crippen LogP contribution in [0.25, 0.3) is 0 Å². The van der Waals surface area contributed by atoms with Crippen LogP contribution in [-0.4, -0.2) is 9.36 Å². The summed E-state index contributed by atoms with van der Waals surface area (Å²) in [5.74, 6) is 0.640. The van der Waals surface area contributed by atoms with Crippen LogP contribution in [0.3, 0.4) is 0 Å². The lowest BCUT2D eigenvalue weighted by Gasteiger charge is -2.09. The Labute approximate surface area is 97.5 Å². The highest BCUT2D eigenvalue weighted by Gasteiger charge is 2.13. The van der Waals surface area contributed by atoms with Crippen molar-refractivity contribution in [2.24, 2.45) is 0 Å². The van der Waals surface area contributed by atoms with E-state index in [9.17, 15) is 0 Å². The quantitative estimate of drug-likeness (QED) is 0.773. The van der Waals surface area contributed by atoms with Gasteiger partial charge in [-0.15, -0.1) is 0 Å². The molecule has 0 radical (unpaired) electrons. The van der Waals surface area contributed by atoms with Crippen molar-refractivity contribution < 1.29 is 0 Å². The van der Waals surface area contributed by atoms with Gasteiger partial charge in [-0.1, -0.05) is 26.7 Å².